The molecule has 0 spiro atoms. The van der Waals surface area contributed by atoms with Crippen LogP contribution in [0.25, 0.3) is 0 Å². The molecule has 1 aliphatic heterocycles. The summed E-state index contributed by atoms with van der Waals surface area (Å²) in [6.45, 7) is 2.12. The van der Waals surface area contributed by atoms with E-state index in [1.807, 2.05) is 18.3 Å². The summed E-state index contributed by atoms with van der Waals surface area (Å²) in [5, 5.41) is 16.9. The van der Waals surface area contributed by atoms with Gasteiger partial charge in [-0.05, 0) is 24.3 Å². The van der Waals surface area contributed by atoms with Crippen LogP contribution in [0, 0.1) is 17.2 Å². The molecule has 0 fully saturated rings. The first-order valence-electron chi connectivity index (χ1n) is 7.43. The third kappa shape index (κ3) is 2.44. The molecule has 1 N–H and O–H groups in total. The summed E-state index contributed by atoms with van der Waals surface area (Å²) < 4.78 is 0. The van der Waals surface area contributed by atoms with Gasteiger partial charge in [0, 0.05) is 22.1 Å². The largest absolute Gasteiger partial charge is 0.261 e. The number of hydrogen-bond acceptors (Lipinski definition) is 4. The van der Waals surface area contributed by atoms with Crippen molar-refractivity contribution in [2.75, 3.05) is 6.26 Å². The van der Waals surface area contributed by atoms with Crippen LogP contribution in [0.15, 0.2) is 40.4 Å². The maximum atomic E-state index is 9.78. The fourth-order valence-corrected chi connectivity index (χ4v) is 3.72. The number of thioether (sulfide) groups is 1. The Bertz CT molecular complexity index is 741. The lowest BCUT2D eigenvalue weighted by molar-refractivity contribution is 0.689. The lowest BCUT2D eigenvalue weighted by Gasteiger charge is -2.28. The third-order valence-corrected chi connectivity index (χ3v) is 4.86. The minimum Gasteiger partial charge on any atom is -0.261 e. The molecule has 1 aliphatic rings. The van der Waals surface area contributed by atoms with Crippen LogP contribution in [0.2, 0.25) is 0 Å². The number of aromatic amines is 1. The van der Waals surface area contributed by atoms with Gasteiger partial charge in [-0.3, -0.25) is 5.10 Å². The second kappa shape index (κ2) is 6.37. The normalized spacial score (nSPS) is 20.1. The van der Waals surface area contributed by atoms with E-state index in [2.05, 4.69) is 46.6 Å². The van der Waals surface area contributed by atoms with Gasteiger partial charge >= 0.3 is 0 Å². The van der Waals surface area contributed by atoms with E-state index in [9.17, 15) is 5.26 Å². The second-order valence-corrected chi connectivity index (χ2v) is 6.20. The van der Waals surface area contributed by atoms with Crippen molar-refractivity contribution in [1.82, 2.24) is 10.2 Å². The van der Waals surface area contributed by atoms with Crippen molar-refractivity contribution in [2.45, 2.75) is 30.6 Å². The van der Waals surface area contributed by atoms with E-state index in [-0.39, 0.29) is 11.8 Å². The van der Waals surface area contributed by atoms with Crippen molar-refractivity contribution in [3.05, 3.63) is 41.6 Å². The molecule has 1 aromatic heterocycles. The van der Waals surface area contributed by atoms with Crippen molar-refractivity contribution in [1.29, 1.82) is 5.26 Å². The van der Waals surface area contributed by atoms with Gasteiger partial charge in [-0.2, -0.15) is 10.4 Å². The zero-order valence-corrected chi connectivity index (χ0v) is 13.5. The molecule has 2 unspecified atom stereocenters. The number of hydrogen-bond donors (Lipinski definition) is 1. The molecule has 0 saturated carbocycles. The van der Waals surface area contributed by atoms with Crippen LogP contribution in [0.4, 0.5) is 5.82 Å². The van der Waals surface area contributed by atoms with Crippen molar-refractivity contribution in [3.63, 3.8) is 0 Å². The standard InChI is InChI=1S/C17H18N4S/c1-3-6-14-12(9-18)16(13-10-19-21-17(13)20-14)11-7-4-5-8-15(11)22-2/h4-5,7-8,10,12,16H,3,6H2,1-2H3,(H,19,21). The number of nitrogens with zero attached hydrogens (tertiary/aromatic N) is 3. The summed E-state index contributed by atoms with van der Waals surface area (Å²) in [6.07, 6.45) is 5.71. The fraction of sp³-hybridized carbons (Fsp3) is 0.353. The van der Waals surface area contributed by atoms with Crippen LogP contribution in [-0.2, 0) is 0 Å². The number of aromatic nitrogens is 2. The highest BCUT2D eigenvalue weighted by atomic mass is 32.2. The smallest absolute Gasteiger partial charge is 0.151 e. The summed E-state index contributed by atoms with van der Waals surface area (Å²) >= 11 is 1.71. The van der Waals surface area contributed by atoms with Crippen LogP contribution in [0.5, 0.6) is 0 Å². The number of fused-ring (bicyclic) bond motifs is 1. The first-order chi connectivity index (χ1) is 10.8. The number of nitriles is 1. The predicted molar refractivity (Wildman–Crippen MR) is 89.8 cm³/mol. The van der Waals surface area contributed by atoms with E-state index in [4.69, 9.17) is 0 Å². The van der Waals surface area contributed by atoms with Crippen molar-refractivity contribution >= 4 is 23.3 Å². The van der Waals surface area contributed by atoms with E-state index in [1.165, 1.54) is 10.5 Å². The third-order valence-electron chi connectivity index (χ3n) is 4.05. The molecule has 2 atom stereocenters. The maximum Gasteiger partial charge on any atom is 0.151 e. The first kappa shape index (κ1) is 14.9. The highest BCUT2D eigenvalue weighted by Crippen LogP contribution is 2.44. The molecular formula is C17H18N4S. The molecule has 0 aliphatic carbocycles. The molecule has 3 rings (SSSR count). The van der Waals surface area contributed by atoms with E-state index in [0.29, 0.717) is 0 Å². The Labute approximate surface area is 134 Å². The topological polar surface area (TPSA) is 64.8 Å². The molecular weight excluding hydrogens is 292 g/mol. The van der Waals surface area contributed by atoms with E-state index >= 15 is 0 Å². The second-order valence-electron chi connectivity index (χ2n) is 5.35. The molecule has 4 nitrogen and oxygen atoms in total. The number of H-pyrrole nitrogens is 1. The SMILES string of the molecule is CCCC1=Nc2[nH]ncc2C(c2ccccc2SC)C1C#N. The lowest BCUT2D eigenvalue weighted by Crippen LogP contribution is -2.25. The minimum absolute atomic E-state index is 0.00134. The Morgan fingerprint density at radius 2 is 2.14 bits per heavy atom. The maximum absolute atomic E-state index is 9.78. The Balaban J connectivity index is 2.17. The van der Waals surface area contributed by atoms with Crippen LogP contribution < -0.4 is 0 Å². The molecule has 0 saturated heterocycles. The quantitative estimate of drug-likeness (QED) is 0.857. The number of benzene rings is 1. The van der Waals surface area contributed by atoms with Gasteiger partial charge in [0.15, 0.2) is 5.82 Å². The summed E-state index contributed by atoms with van der Waals surface area (Å²) in [6, 6.07) is 10.8. The molecule has 1 aromatic carbocycles. The van der Waals surface area contributed by atoms with Gasteiger partial charge in [0.2, 0.25) is 0 Å². The van der Waals surface area contributed by atoms with Crippen LogP contribution in [0.1, 0.15) is 36.8 Å². The summed E-state index contributed by atoms with van der Waals surface area (Å²) in [7, 11) is 0. The Kier molecular flexibility index (Phi) is 4.30. The van der Waals surface area contributed by atoms with E-state index in [1.54, 1.807) is 11.8 Å². The average Bonchev–Trinajstić information content (AvgIpc) is 3.01. The number of nitrogens with one attached hydrogen (secondary N) is 1. The molecule has 0 bridgehead atoms. The van der Waals surface area contributed by atoms with E-state index < -0.39 is 0 Å². The molecule has 112 valence electrons. The molecule has 5 heteroatoms. The van der Waals surface area contributed by atoms with E-state index in [0.717, 1.165) is 29.9 Å². The summed E-state index contributed by atoms with van der Waals surface area (Å²) in [5.74, 6) is 0.579. The molecule has 2 aromatic rings. The monoisotopic (exact) mass is 310 g/mol. The molecule has 0 amide bonds. The molecule has 2 heterocycles. The zero-order chi connectivity index (χ0) is 15.5. The van der Waals surface area contributed by atoms with Crippen molar-refractivity contribution < 1.29 is 0 Å². The van der Waals surface area contributed by atoms with Gasteiger partial charge in [0.05, 0.1) is 18.2 Å². The van der Waals surface area contributed by atoms with Gasteiger partial charge in [0.25, 0.3) is 0 Å². The van der Waals surface area contributed by atoms with Gasteiger partial charge in [-0.25, -0.2) is 4.99 Å². The lowest BCUT2D eigenvalue weighted by atomic mass is 9.77. The fourth-order valence-electron chi connectivity index (χ4n) is 3.08. The van der Waals surface area contributed by atoms with Crippen molar-refractivity contribution in [3.8, 4) is 6.07 Å². The zero-order valence-electron chi connectivity index (χ0n) is 12.7. The highest BCUT2D eigenvalue weighted by Gasteiger charge is 2.36. The predicted octanol–water partition coefficient (Wildman–Crippen LogP) is 4.29. The summed E-state index contributed by atoms with van der Waals surface area (Å²) in [5.41, 5.74) is 3.17. The van der Waals surface area contributed by atoms with Gasteiger partial charge < -0.3 is 0 Å². The van der Waals surface area contributed by atoms with Crippen molar-refractivity contribution in [2.24, 2.45) is 10.9 Å². The van der Waals surface area contributed by atoms with Crippen LogP contribution >= 0.6 is 11.8 Å². The Hall–Kier alpha value is -2.06. The molecule has 22 heavy (non-hydrogen) atoms. The molecule has 0 radical (unpaired) electrons. The van der Waals surface area contributed by atoms with Crippen LogP contribution in [-0.4, -0.2) is 22.2 Å². The number of aliphatic imine (C=N–C) groups is 1. The Morgan fingerprint density at radius 3 is 2.86 bits per heavy atom. The summed E-state index contributed by atoms with van der Waals surface area (Å²) in [4.78, 5) is 5.85. The van der Waals surface area contributed by atoms with Gasteiger partial charge in [-0.15, -0.1) is 11.8 Å². The Morgan fingerprint density at radius 1 is 1.32 bits per heavy atom. The van der Waals surface area contributed by atoms with Gasteiger partial charge in [0.1, 0.15) is 0 Å². The van der Waals surface area contributed by atoms with Crippen LogP contribution in [0.3, 0.4) is 0 Å². The average molecular weight is 310 g/mol. The minimum atomic E-state index is -0.224. The highest BCUT2D eigenvalue weighted by molar-refractivity contribution is 7.98. The van der Waals surface area contributed by atoms with Gasteiger partial charge in [-0.1, -0.05) is 31.5 Å². The number of rotatable bonds is 4. The first-order valence-corrected chi connectivity index (χ1v) is 8.65.